The summed E-state index contributed by atoms with van der Waals surface area (Å²) in [6.45, 7) is 2.95. The van der Waals surface area contributed by atoms with E-state index in [1.54, 1.807) is 0 Å². The maximum absolute atomic E-state index is 10.6. The van der Waals surface area contributed by atoms with Gasteiger partial charge in [-0.2, -0.15) is 13.2 Å². The average Bonchev–Trinajstić information content (AvgIpc) is 2.47. The number of piperidine rings is 1. The molecule has 118 valence electrons. The van der Waals surface area contributed by atoms with Gasteiger partial charge in [-0.05, 0) is 31.5 Å². The van der Waals surface area contributed by atoms with Crippen LogP contribution in [0.2, 0.25) is 0 Å². The quantitative estimate of drug-likeness (QED) is 0.901. The molecule has 0 aliphatic carbocycles. The van der Waals surface area contributed by atoms with Crippen molar-refractivity contribution in [2.45, 2.75) is 31.7 Å². The van der Waals surface area contributed by atoms with Crippen LogP contribution in [0.4, 0.5) is 13.2 Å². The molecular weight excluding hydrogens is 287 g/mol. The summed E-state index contributed by atoms with van der Waals surface area (Å²) in [4.78, 5) is 8.90. The fourth-order valence-electron chi connectivity index (χ4n) is 1.75. The molecule has 21 heavy (non-hydrogen) atoms. The van der Waals surface area contributed by atoms with Gasteiger partial charge in [-0.3, -0.25) is 0 Å². The molecule has 0 aromatic heterocycles. The predicted molar refractivity (Wildman–Crippen MR) is 70.8 cm³/mol. The SMILES string of the molecule is O=C(O)C(F)(F)F.c1ccc(COC2CCNCC2)cc1. The summed E-state index contributed by atoms with van der Waals surface area (Å²) >= 11 is 0. The summed E-state index contributed by atoms with van der Waals surface area (Å²) < 4.78 is 37.6. The zero-order valence-corrected chi connectivity index (χ0v) is 11.4. The second-order valence-corrected chi connectivity index (χ2v) is 4.55. The number of aliphatic carboxylic acids is 1. The lowest BCUT2D eigenvalue weighted by Crippen LogP contribution is -2.32. The molecule has 2 rings (SSSR count). The number of carbonyl (C=O) groups is 1. The second kappa shape index (κ2) is 8.63. The standard InChI is InChI=1S/C12H17NO.C2HF3O2/c1-2-4-11(5-3-1)10-14-12-6-8-13-9-7-12;3-2(4,5)1(6)7/h1-5,12-13H,6-10H2;(H,6,7). The lowest BCUT2D eigenvalue weighted by Gasteiger charge is -2.22. The van der Waals surface area contributed by atoms with Gasteiger partial charge in [0.1, 0.15) is 0 Å². The Morgan fingerprint density at radius 3 is 2.24 bits per heavy atom. The number of halogens is 3. The third kappa shape index (κ3) is 7.67. The van der Waals surface area contributed by atoms with Crippen LogP contribution in [0.1, 0.15) is 18.4 Å². The van der Waals surface area contributed by atoms with Gasteiger partial charge in [-0.1, -0.05) is 30.3 Å². The number of ether oxygens (including phenoxy) is 1. The number of carboxylic acids is 1. The maximum atomic E-state index is 10.6. The van der Waals surface area contributed by atoms with Crippen LogP contribution in [0.5, 0.6) is 0 Å². The number of nitrogens with one attached hydrogen (secondary N) is 1. The Labute approximate surface area is 120 Å². The topological polar surface area (TPSA) is 58.6 Å². The molecule has 1 heterocycles. The summed E-state index contributed by atoms with van der Waals surface area (Å²) in [5.41, 5.74) is 1.27. The first-order chi connectivity index (χ1) is 9.89. The second-order valence-electron chi connectivity index (χ2n) is 4.55. The van der Waals surface area contributed by atoms with Crippen LogP contribution in [0, 0.1) is 0 Å². The van der Waals surface area contributed by atoms with E-state index in [0.29, 0.717) is 6.10 Å². The third-order valence-corrected chi connectivity index (χ3v) is 2.86. The summed E-state index contributed by atoms with van der Waals surface area (Å²) in [5, 5.41) is 10.5. The number of hydrogen-bond donors (Lipinski definition) is 2. The number of carboxylic acid groups (broad SMARTS) is 1. The molecule has 0 amide bonds. The largest absolute Gasteiger partial charge is 0.490 e. The maximum Gasteiger partial charge on any atom is 0.490 e. The molecule has 1 saturated heterocycles. The Morgan fingerprint density at radius 1 is 1.24 bits per heavy atom. The van der Waals surface area contributed by atoms with E-state index in [2.05, 4.69) is 29.6 Å². The fourth-order valence-corrected chi connectivity index (χ4v) is 1.75. The molecule has 1 aliphatic heterocycles. The smallest absolute Gasteiger partial charge is 0.475 e. The van der Waals surface area contributed by atoms with Crippen LogP contribution in [0.15, 0.2) is 30.3 Å². The van der Waals surface area contributed by atoms with Gasteiger partial charge in [0.15, 0.2) is 0 Å². The summed E-state index contributed by atoms with van der Waals surface area (Å²) in [6.07, 6.45) is -2.34. The van der Waals surface area contributed by atoms with Crippen molar-refractivity contribution in [3.8, 4) is 0 Å². The molecule has 4 nitrogen and oxygen atoms in total. The molecule has 1 aromatic carbocycles. The number of alkyl halides is 3. The van der Waals surface area contributed by atoms with E-state index in [0.717, 1.165) is 32.5 Å². The Kier molecular flexibility index (Phi) is 7.18. The summed E-state index contributed by atoms with van der Waals surface area (Å²) in [7, 11) is 0. The van der Waals surface area contributed by atoms with Crippen molar-refractivity contribution in [2.75, 3.05) is 13.1 Å². The average molecular weight is 305 g/mol. The van der Waals surface area contributed by atoms with Crippen molar-refractivity contribution >= 4 is 5.97 Å². The molecule has 2 N–H and O–H groups in total. The minimum absolute atomic E-state index is 0.455. The Hall–Kier alpha value is -1.60. The minimum Gasteiger partial charge on any atom is -0.475 e. The highest BCUT2D eigenvalue weighted by Gasteiger charge is 2.38. The van der Waals surface area contributed by atoms with Crippen molar-refractivity contribution in [3.63, 3.8) is 0 Å². The molecule has 1 aromatic rings. The van der Waals surface area contributed by atoms with Crippen LogP contribution in [0.3, 0.4) is 0 Å². The molecule has 0 bridgehead atoms. The minimum atomic E-state index is -5.08. The van der Waals surface area contributed by atoms with Gasteiger partial charge in [0, 0.05) is 0 Å². The van der Waals surface area contributed by atoms with E-state index in [1.165, 1.54) is 5.56 Å². The van der Waals surface area contributed by atoms with Crippen molar-refractivity contribution < 1.29 is 27.8 Å². The van der Waals surface area contributed by atoms with Gasteiger partial charge in [0.05, 0.1) is 12.7 Å². The monoisotopic (exact) mass is 305 g/mol. The van der Waals surface area contributed by atoms with E-state index < -0.39 is 12.1 Å². The zero-order valence-electron chi connectivity index (χ0n) is 11.4. The molecule has 0 spiro atoms. The van der Waals surface area contributed by atoms with Crippen LogP contribution in [0.25, 0.3) is 0 Å². The summed E-state index contributed by atoms with van der Waals surface area (Å²) in [5.74, 6) is -2.76. The van der Waals surface area contributed by atoms with Crippen molar-refractivity contribution in [1.82, 2.24) is 5.32 Å². The Morgan fingerprint density at radius 2 is 1.76 bits per heavy atom. The van der Waals surface area contributed by atoms with E-state index in [4.69, 9.17) is 14.6 Å². The van der Waals surface area contributed by atoms with Gasteiger partial charge in [-0.25, -0.2) is 4.79 Å². The highest BCUT2D eigenvalue weighted by molar-refractivity contribution is 5.73. The van der Waals surface area contributed by atoms with Gasteiger partial charge in [0.2, 0.25) is 0 Å². The van der Waals surface area contributed by atoms with Crippen LogP contribution in [-0.4, -0.2) is 36.4 Å². The van der Waals surface area contributed by atoms with E-state index >= 15 is 0 Å². The fraction of sp³-hybridized carbons (Fsp3) is 0.500. The number of benzene rings is 1. The van der Waals surface area contributed by atoms with Gasteiger partial charge >= 0.3 is 12.1 Å². The molecule has 7 heteroatoms. The van der Waals surface area contributed by atoms with Crippen molar-refractivity contribution in [1.29, 1.82) is 0 Å². The highest BCUT2D eigenvalue weighted by Crippen LogP contribution is 2.13. The van der Waals surface area contributed by atoms with Crippen LogP contribution >= 0.6 is 0 Å². The molecule has 0 atom stereocenters. The number of rotatable bonds is 3. The van der Waals surface area contributed by atoms with Gasteiger partial charge in [0.25, 0.3) is 0 Å². The van der Waals surface area contributed by atoms with Crippen LogP contribution < -0.4 is 5.32 Å². The van der Waals surface area contributed by atoms with Crippen molar-refractivity contribution in [3.05, 3.63) is 35.9 Å². The first-order valence-electron chi connectivity index (χ1n) is 6.56. The van der Waals surface area contributed by atoms with Gasteiger partial charge < -0.3 is 15.2 Å². The molecule has 0 saturated carbocycles. The molecule has 1 fully saturated rings. The molecular formula is C14H18F3NO3. The lowest BCUT2D eigenvalue weighted by molar-refractivity contribution is -0.192. The lowest BCUT2D eigenvalue weighted by atomic mass is 10.1. The van der Waals surface area contributed by atoms with Crippen molar-refractivity contribution in [2.24, 2.45) is 0 Å². The highest BCUT2D eigenvalue weighted by atomic mass is 19.4. The zero-order chi connectivity index (χ0) is 15.7. The first kappa shape index (κ1) is 17.5. The van der Waals surface area contributed by atoms with Gasteiger partial charge in [-0.15, -0.1) is 0 Å². The summed E-state index contributed by atoms with van der Waals surface area (Å²) in [6, 6.07) is 10.4. The predicted octanol–water partition coefficient (Wildman–Crippen LogP) is 2.59. The Bertz CT molecular complexity index is 417. The van der Waals surface area contributed by atoms with Crippen LogP contribution in [-0.2, 0) is 16.1 Å². The molecule has 1 aliphatic rings. The third-order valence-electron chi connectivity index (χ3n) is 2.86. The Balaban J connectivity index is 0.000000270. The number of hydrogen-bond acceptors (Lipinski definition) is 3. The molecule has 0 unspecified atom stereocenters. The van der Waals surface area contributed by atoms with E-state index in [1.807, 2.05) is 6.07 Å². The first-order valence-corrected chi connectivity index (χ1v) is 6.56. The molecule has 0 radical (unpaired) electrons. The van der Waals surface area contributed by atoms with E-state index in [9.17, 15) is 13.2 Å². The van der Waals surface area contributed by atoms with E-state index in [-0.39, 0.29) is 0 Å². The normalized spacial score (nSPS) is 16.0.